The van der Waals surface area contributed by atoms with Gasteiger partial charge in [-0.15, -0.1) is 0 Å². The second kappa shape index (κ2) is 6.95. The molecule has 2 aromatic carbocycles. The van der Waals surface area contributed by atoms with Gasteiger partial charge in [-0.1, -0.05) is 29.4 Å². The van der Waals surface area contributed by atoms with Gasteiger partial charge in [0.2, 0.25) is 10.0 Å². The third-order valence-electron chi connectivity index (χ3n) is 3.74. The summed E-state index contributed by atoms with van der Waals surface area (Å²) in [7, 11) is -3.79. The predicted octanol–water partition coefficient (Wildman–Crippen LogP) is 3.79. The van der Waals surface area contributed by atoms with Gasteiger partial charge in [0.1, 0.15) is 5.82 Å². The summed E-state index contributed by atoms with van der Waals surface area (Å²) in [5, 5.41) is 6.19. The van der Waals surface area contributed by atoms with Crippen LogP contribution < -0.4 is 5.14 Å². The molecule has 0 saturated heterocycles. The van der Waals surface area contributed by atoms with Crippen LogP contribution in [0.3, 0.4) is 0 Å². The number of halogens is 2. The highest BCUT2D eigenvalue weighted by atomic mass is 35.5. The molecule has 132 valence electrons. The van der Waals surface area contributed by atoms with Gasteiger partial charge in [0.15, 0.2) is 5.16 Å². The molecule has 0 spiro atoms. The third-order valence-corrected chi connectivity index (χ3v) is 6.00. The lowest BCUT2D eigenvalue weighted by atomic mass is 10.2. The smallest absolute Gasteiger partial charge is 0.238 e. The number of nitrogens with zero attached hydrogens (tertiary/aromatic N) is 2. The van der Waals surface area contributed by atoms with Crippen molar-refractivity contribution in [2.45, 2.75) is 29.3 Å². The number of aryl methyl sites for hydroxylation is 1. The molecule has 2 N–H and O–H groups in total. The van der Waals surface area contributed by atoms with Crippen molar-refractivity contribution < 1.29 is 12.8 Å². The average Bonchev–Trinajstić information content (AvgIpc) is 2.90. The first kappa shape index (κ1) is 18.2. The molecule has 0 radical (unpaired) electrons. The van der Waals surface area contributed by atoms with Crippen molar-refractivity contribution in [1.29, 1.82) is 0 Å². The normalized spacial score (nSPS) is 12.0. The van der Waals surface area contributed by atoms with E-state index < -0.39 is 10.0 Å². The zero-order valence-corrected chi connectivity index (χ0v) is 15.6. The van der Waals surface area contributed by atoms with Gasteiger partial charge < -0.3 is 4.57 Å². The Hall–Kier alpha value is -1.61. The van der Waals surface area contributed by atoms with E-state index in [0.717, 1.165) is 5.52 Å². The Morgan fingerprint density at radius 3 is 2.72 bits per heavy atom. The molecule has 0 amide bonds. The van der Waals surface area contributed by atoms with Crippen LogP contribution in [0.2, 0.25) is 5.02 Å². The number of hydrogen-bond donors (Lipinski definition) is 1. The largest absolute Gasteiger partial charge is 0.319 e. The van der Waals surface area contributed by atoms with E-state index in [1.54, 1.807) is 18.2 Å². The van der Waals surface area contributed by atoms with Crippen LogP contribution in [-0.2, 0) is 22.3 Å². The van der Waals surface area contributed by atoms with Crippen molar-refractivity contribution in [2.24, 2.45) is 5.14 Å². The molecule has 1 heterocycles. The highest BCUT2D eigenvalue weighted by Crippen LogP contribution is 2.31. The van der Waals surface area contributed by atoms with Crippen LogP contribution in [0.15, 0.2) is 46.5 Å². The second-order valence-electron chi connectivity index (χ2n) is 5.32. The molecule has 0 unspecified atom stereocenters. The van der Waals surface area contributed by atoms with E-state index in [4.69, 9.17) is 16.7 Å². The fourth-order valence-electron chi connectivity index (χ4n) is 2.49. The number of benzene rings is 2. The lowest BCUT2D eigenvalue weighted by molar-refractivity contribution is 0.598. The number of aromatic nitrogens is 2. The van der Waals surface area contributed by atoms with E-state index in [1.807, 2.05) is 11.5 Å². The van der Waals surface area contributed by atoms with Gasteiger partial charge in [-0.05, 0) is 37.3 Å². The summed E-state index contributed by atoms with van der Waals surface area (Å²) in [6, 6.07) is 9.13. The van der Waals surface area contributed by atoms with Crippen molar-refractivity contribution in [2.75, 3.05) is 0 Å². The fraction of sp³-hybridized carbons (Fsp3) is 0.188. The van der Waals surface area contributed by atoms with Gasteiger partial charge in [-0.2, -0.15) is 0 Å². The van der Waals surface area contributed by atoms with Gasteiger partial charge in [0.05, 0.1) is 15.9 Å². The molecule has 0 saturated carbocycles. The van der Waals surface area contributed by atoms with E-state index in [0.29, 0.717) is 33.6 Å². The van der Waals surface area contributed by atoms with Gasteiger partial charge in [-0.25, -0.2) is 22.9 Å². The zero-order chi connectivity index (χ0) is 18.2. The second-order valence-corrected chi connectivity index (χ2v) is 8.23. The number of nitrogens with two attached hydrogens (primary N) is 1. The quantitative estimate of drug-likeness (QED) is 0.662. The van der Waals surface area contributed by atoms with E-state index in [1.165, 1.54) is 30.0 Å². The SMILES string of the molecule is CCn1c(SCc2c(F)cccc2Cl)nc2cc(S(N)(=O)=O)ccc21. The van der Waals surface area contributed by atoms with Crippen LogP contribution in [0.5, 0.6) is 0 Å². The molecule has 3 aromatic rings. The fourth-order valence-corrected chi connectivity index (χ4v) is 4.44. The van der Waals surface area contributed by atoms with Crippen molar-refractivity contribution in [3.63, 3.8) is 0 Å². The molecular weight excluding hydrogens is 385 g/mol. The van der Waals surface area contributed by atoms with Crippen molar-refractivity contribution in [1.82, 2.24) is 9.55 Å². The summed E-state index contributed by atoms with van der Waals surface area (Å²) >= 11 is 7.40. The van der Waals surface area contributed by atoms with Gasteiger partial charge in [0.25, 0.3) is 0 Å². The topological polar surface area (TPSA) is 78.0 Å². The van der Waals surface area contributed by atoms with Gasteiger partial charge in [0, 0.05) is 22.9 Å². The first-order valence-electron chi connectivity index (χ1n) is 7.40. The minimum absolute atomic E-state index is 0.00875. The van der Waals surface area contributed by atoms with Crippen LogP contribution in [0.1, 0.15) is 12.5 Å². The summed E-state index contributed by atoms with van der Waals surface area (Å²) in [5.74, 6) is -0.0488. The Balaban J connectivity index is 1.98. The highest BCUT2D eigenvalue weighted by molar-refractivity contribution is 7.98. The molecule has 0 aliphatic heterocycles. The summed E-state index contributed by atoms with van der Waals surface area (Å²) in [6.45, 7) is 2.59. The Morgan fingerprint density at radius 2 is 2.08 bits per heavy atom. The maximum atomic E-state index is 13.9. The first-order chi connectivity index (χ1) is 11.8. The maximum Gasteiger partial charge on any atom is 0.238 e. The van der Waals surface area contributed by atoms with Gasteiger partial charge >= 0.3 is 0 Å². The lowest BCUT2D eigenvalue weighted by Gasteiger charge is -2.07. The summed E-state index contributed by atoms with van der Waals surface area (Å²) < 4.78 is 38.9. The number of primary sulfonamides is 1. The van der Waals surface area contributed by atoms with E-state index in [-0.39, 0.29) is 10.7 Å². The summed E-state index contributed by atoms with van der Waals surface area (Å²) in [5.41, 5.74) is 1.72. The molecular formula is C16H15ClFN3O2S2. The maximum absolute atomic E-state index is 13.9. The van der Waals surface area contributed by atoms with Crippen molar-refractivity contribution in [3.05, 3.63) is 52.8 Å². The molecule has 25 heavy (non-hydrogen) atoms. The molecule has 9 heteroatoms. The average molecular weight is 400 g/mol. The Morgan fingerprint density at radius 1 is 1.32 bits per heavy atom. The molecule has 0 aliphatic rings. The number of imidazole rings is 1. The minimum atomic E-state index is -3.79. The Labute approximate surface area is 154 Å². The summed E-state index contributed by atoms with van der Waals surface area (Å²) in [6.07, 6.45) is 0. The number of hydrogen-bond acceptors (Lipinski definition) is 4. The molecule has 0 atom stereocenters. The Kier molecular flexibility index (Phi) is 5.06. The Bertz CT molecular complexity index is 1030. The van der Waals surface area contributed by atoms with Crippen LogP contribution in [0.4, 0.5) is 4.39 Å². The molecule has 3 rings (SSSR count). The van der Waals surface area contributed by atoms with Gasteiger partial charge in [-0.3, -0.25) is 0 Å². The van der Waals surface area contributed by atoms with Crippen LogP contribution in [0, 0.1) is 5.82 Å². The van der Waals surface area contributed by atoms with Crippen molar-refractivity contribution in [3.8, 4) is 0 Å². The van der Waals surface area contributed by atoms with E-state index in [9.17, 15) is 12.8 Å². The number of rotatable bonds is 5. The lowest BCUT2D eigenvalue weighted by Crippen LogP contribution is -2.11. The van der Waals surface area contributed by atoms with Crippen LogP contribution in [0.25, 0.3) is 11.0 Å². The van der Waals surface area contributed by atoms with E-state index in [2.05, 4.69) is 4.98 Å². The monoisotopic (exact) mass is 399 g/mol. The van der Waals surface area contributed by atoms with Crippen LogP contribution in [-0.4, -0.2) is 18.0 Å². The number of fused-ring (bicyclic) bond motifs is 1. The molecule has 0 aliphatic carbocycles. The number of sulfonamides is 1. The van der Waals surface area contributed by atoms with E-state index >= 15 is 0 Å². The summed E-state index contributed by atoms with van der Waals surface area (Å²) in [4.78, 5) is 4.48. The predicted molar refractivity (Wildman–Crippen MR) is 97.8 cm³/mol. The molecule has 0 bridgehead atoms. The number of thioether (sulfide) groups is 1. The third kappa shape index (κ3) is 3.67. The van der Waals surface area contributed by atoms with Crippen molar-refractivity contribution >= 4 is 44.4 Å². The minimum Gasteiger partial charge on any atom is -0.319 e. The first-order valence-corrected chi connectivity index (χ1v) is 10.3. The standard InChI is InChI=1S/C16H15ClFN3O2S2/c1-2-21-15-7-6-10(25(19,22)23)8-14(15)20-16(21)24-9-11-12(17)4-3-5-13(11)18/h3-8H,2,9H2,1H3,(H2,19,22,23). The molecule has 1 aromatic heterocycles. The molecule has 0 fully saturated rings. The van der Waals surface area contributed by atoms with Crippen LogP contribution >= 0.6 is 23.4 Å². The highest BCUT2D eigenvalue weighted by Gasteiger charge is 2.16. The zero-order valence-electron chi connectivity index (χ0n) is 13.2. The molecule has 5 nitrogen and oxygen atoms in total.